The second-order valence-corrected chi connectivity index (χ2v) is 7.40. The van der Waals surface area contributed by atoms with Gasteiger partial charge in [-0.15, -0.1) is 0 Å². The quantitative estimate of drug-likeness (QED) is 0.723. The molecule has 0 spiro atoms. The van der Waals surface area contributed by atoms with Crippen molar-refractivity contribution in [1.82, 2.24) is 15.3 Å². The van der Waals surface area contributed by atoms with Crippen molar-refractivity contribution >= 4 is 17.5 Å². The Hall–Kier alpha value is -2.92. The van der Waals surface area contributed by atoms with Crippen molar-refractivity contribution in [3.63, 3.8) is 0 Å². The number of rotatable bonds is 4. The number of halogens is 1. The fraction of sp³-hybridized carbons (Fsp3) is 0.227. The van der Waals surface area contributed by atoms with Crippen LogP contribution in [0.2, 0.25) is 5.02 Å². The van der Waals surface area contributed by atoms with Gasteiger partial charge >= 0.3 is 0 Å². The van der Waals surface area contributed by atoms with Gasteiger partial charge < -0.3 is 10.1 Å². The van der Waals surface area contributed by atoms with E-state index in [1.165, 1.54) is 5.56 Å². The summed E-state index contributed by atoms with van der Waals surface area (Å²) in [7, 11) is 0. The number of aromatic nitrogens is 2. The van der Waals surface area contributed by atoms with Crippen LogP contribution in [0.25, 0.3) is 11.3 Å². The van der Waals surface area contributed by atoms with Crippen LogP contribution in [0.15, 0.2) is 48.9 Å². The molecule has 1 aliphatic rings. The van der Waals surface area contributed by atoms with E-state index in [1.807, 2.05) is 44.2 Å². The predicted octanol–water partition coefficient (Wildman–Crippen LogP) is 4.15. The van der Waals surface area contributed by atoms with Crippen molar-refractivity contribution in [2.24, 2.45) is 0 Å². The number of amides is 1. The third-order valence-corrected chi connectivity index (χ3v) is 5.25. The lowest BCUT2D eigenvalue weighted by molar-refractivity contribution is 0.0933. The number of ether oxygens (including phenoxy) is 1. The molecule has 0 bridgehead atoms. The van der Waals surface area contributed by atoms with Gasteiger partial charge in [0.05, 0.1) is 23.5 Å². The zero-order valence-corrected chi connectivity index (χ0v) is 16.5. The summed E-state index contributed by atoms with van der Waals surface area (Å²) < 4.78 is 5.97. The van der Waals surface area contributed by atoms with Crippen LogP contribution in [-0.4, -0.2) is 28.5 Å². The first-order valence-electron chi connectivity index (χ1n) is 9.12. The summed E-state index contributed by atoms with van der Waals surface area (Å²) in [6.07, 6.45) is 5.51. The average molecular weight is 394 g/mol. The summed E-state index contributed by atoms with van der Waals surface area (Å²) in [5.74, 6) is 0.578. The fourth-order valence-electron chi connectivity index (χ4n) is 3.29. The molecule has 1 N–H and O–H groups in total. The van der Waals surface area contributed by atoms with Crippen LogP contribution < -0.4 is 10.1 Å². The maximum Gasteiger partial charge on any atom is 0.251 e. The Morgan fingerprint density at radius 1 is 1.21 bits per heavy atom. The SMILES string of the molecule is Cc1ccc(C(=O)NC[C@H]2Cc3cc(-c4cnccn4)cc(Cl)c3O2)cc1C. The van der Waals surface area contributed by atoms with Crippen LogP contribution in [0, 0.1) is 13.8 Å². The van der Waals surface area contributed by atoms with E-state index in [0.717, 1.165) is 22.4 Å². The topological polar surface area (TPSA) is 64.1 Å². The standard InChI is InChI=1S/C22H20ClN3O2/c1-13-3-4-15(7-14(13)2)22(27)26-11-18-9-17-8-16(10-19(23)21(17)28-18)20-12-24-5-6-25-20/h3-8,10,12,18H,9,11H2,1-2H3,(H,26,27)/t18-/m1/s1. The van der Waals surface area contributed by atoms with E-state index < -0.39 is 0 Å². The van der Waals surface area contributed by atoms with Gasteiger partial charge in [0.2, 0.25) is 0 Å². The lowest BCUT2D eigenvalue weighted by Gasteiger charge is -2.13. The summed E-state index contributed by atoms with van der Waals surface area (Å²) >= 11 is 6.42. The highest BCUT2D eigenvalue weighted by molar-refractivity contribution is 6.32. The number of benzene rings is 2. The van der Waals surface area contributed by atoms with E-state index in [1.54, 1.807) is 18.6 Å². The normalized spacial score (nSPS) is 15.0. The van der Waals surface area contributed by atoms with E-state index in [2.05, 4.69) is 15.3 Å². The fourth-order valence-corrected chi connectivity index (χ4v) is 3.57. The second-order valence-electron chi connectivity index (χ2n) is 6.99. The van der Waals surface area contributed by atoms with E-state index in [0.29, 0.717) is 29.3 Å². The molecule has 0 fully saturated rings. The Bertz CT molecular complexity index is 1040. The van der Waals surface area contributed by atoms with Crippen LogP contribution in [0.1, 0.15) is 27.0 Å². The number of hydrogen-bond donors (Lipinski definition) is 1. The third kappa shape index (κ3) is 3.71. The number of carbonyl (C=O) groups is 1. The molecule has 6 heteroatoms. The molecule has 0 saturated carbocycles. The Balaban J connectivity index is 1.44. The summed E-state index contributed by atoms with van der Waals surface area (Å²) in [6, 6.07) is 9.56. The minimum atomic E-state index is -0.153. The average Bonchev–Trinajstić information content (AvgIpc) is 3.12. The van der Waals surface area contributed by atoms with Crippen molar-refractivity contribution in [3.05, 3.63) is 76.2 Å². The van der Waals surface area contributed by atoms with Gasteiger partial charge in [-0.1, -0.05) is 17.7 Å². The molecule has 28 heavy (non-hydrogen) atoms. The molecule has 142 valence electrons. The molecule has 1 amide bonds. The van der Waals surface area contributed by atoms with Gasteiger partial charge in [0, 0.05) is 35.5 Å². The smallest absolute Gasteiger partial charge is 0.251 e. The van der Waals surface area contributed by atoms with E-state index in [4.69, 9.17) is 16.3 Å². The Morgan fingerprint density at radius 3 is 2.82 bits per heavy atom. The molecule has 3 aromatic rings. The molecule has 1 aliphatic heterocycles. The molecule has 2 heterocycles. The van der Waals surface area contributed by atoms with Crippen molar-refractivity contribution in [3.8, 4) is 17.0 Å². The number of nitrogens with zero attached hydrogens (tertiary/aromatic N) is 2. The van der Waals surface area contributed by atoms with Crippen LogP contribution in [0.5, 0.6) is 5.75 Å². The second kappa shape index (κ2) is 7.60. The summed E-state index contributed by atoms with van der Waals surface area (Å²) in [5, 5.41) is 3.50. The summed E-state index contributed by atoms with van der Waals surface area (Å²) in [6.45, 7) is 4.44. The highest BCUT2D eigenvalue weighted by Crippen LogP contribution is 2.39. The molecule has 0 saturated heterocycles. The Labute approximate surface area is 168 Å². The molecule has 0 unspecified atom stereocenters. The molecular formula is C22H20ClN3O2. The maximum atomic E-state index is 12.4. The van der Waals surface area contributed by atoms with Crippen molar-refractivity contribution in [2.45, 2.75) is 26.4 Å². The monoisotopic (exact) mass is 393 g/mol. The van der Waals surface area contributed by atoms with E-state index >= 15 is 0 Å². The molecule has 5 nitrogen and oxygen atoms in total. The lowest BCUT2D eigenvalue weighted by Crippen LogP contribution is -2.34. The summed E-state index contributed by atoms with van der Waals surface area (Å²) in [4.78, 5) is 20.9. The minimum absolute atomic E-state index is 0.103. The Kier molecular flexibility index (Phi) is 5.01. The molecular weight excluding hydrogens is 374 g/mol. The third-order valence-electron chi connectivity index (χ3n) is 4.97. The van der Waals surface area contributed by atoms with Crippen LogP contribution in [0.3, 0.4) is 0 Å². The van der Waals surface area contributed by atoms with Crippen LogP contribution in [-0.2, 0) is 6.42 Å². The zero-order chi connectivity index (χ0) is 19.7. The van der Waals surface area contributed by atoms with E-state index in [-0.39, 0.29) is 12.0 Å². The number of aryl methyl sites for hydroxylation is 2. The molecule has 0 radical (unpaired) electrons. The van der Waals surface area contributed by atoms with Gasteiger partial charge in [0.15, 0.2) is 0 Å². The zero-order valence-electron chi connectivity index (χ0n) is 15.7. The van der Waals surface area contributed by atoms with Crippen LogP contribution >= 0.6 is 11.6 Å². The molecule has 1 aromatic heterocycles. The number of nitrogens with one attached hydrogen (secondary N) is 1. The molecule has 2 aromatic carbocycles. The first-order chi connectivity index (χ1) is 13.5. The van der Waals surface area contributed by atoms with Gasteiger partial charge in [-0.25, -0.2) is 0 Å². The number of hydrogen-bond acceptors (Lipinski definition) is 4. The van der Waals surface area contributed by atoms with Gasteiger partial charge in [-0.3, -0.25) is 14.8 Å². The van der Waals surface area contributed by atoms with Gasteiger partial charge in [-0.05, 0) is 49.2 Å². The van der Waals surface area contributed by atoms with Gasteiger partial charge in [0.25, 0.3) is 5.91 Å². The van der Waals surface area contributed by atoms with Crippen LogP contribution in [0.4, 0.5) is 0 Å². The summed E-state index contributed by atoms with van der Waals surface area (Å²) in [5.41, 5.74) is 5.60. The molecule has 1 atom stereocenters. The highest BCUT2D eigenvalue weighted by Gasteiger charge is 2.26. The van der Waals surface area contributed by atoms with Gasteiger partial charge in [0.1, 0.15) is 11.9 Å². The first-order valence-corrected chi connectivity index (χ1v) is 9.50. The largest absolute Gasteiger partial charge is 0.486 e. The van der Waals surface area contributed by atoms with Crippen molar-refractivity contribution in [1.29, 1.82) is 0 Å². The lowest BCUT2D eigenvalue weighted by atomic mass is 10.0. The predicted molar refractivity (Wildman–Crippen MR) is 109 cm³/mol. The van der Waals surface area contributed by atoms with Crippen molar-refractivity contribution in [2.75, 3.05) is 6.54 Å². The maximum absolute atomic E-state index is 12.4. The Morgan fingerprint density at radius 2 is 2.07 bits per heavy atom. The molecule has 0 aliphatic carbocycles. The minimum Gasteiger partial charge on any atom is -0.486 e. The molecule has 4 rings (SSSR count). The van der Waals surface area contributed by atoms with E-state index in [9.17, 15) is 4.79 Å². The van der Waals surface area contributed by atoms with Gasteiger partial charge in [-0.2, -0.15) is 0 Å². The highest BCUT2D eigenvalue weighted by atomic mass is 35.5. The van der Waals surface area contributed by atoms with Crippen molar-refractivity contribution < 1.29 is 9.53 Å². The number of carbonyl (C=O) groups excluding carboxylic acids is 1. The number of fused-ring (bicyclic) bond motifs is 1. The first kappa shape index (κ1) is 18.4.